The van der Waals surface area contributed by atoms with Gasteiger partial charge in [0.1, 0.15) is 5.70 Å². The topological polar surface area (TPSA) is 77.5 Å². The Morgan fingerprint density at radius 3 is 2.65 bits per heavy atom. The number of fused-ring (bicyclic) bond motifs is 1. The van der Waals surface area contributed by atoms with Gasteiger partial charge in [0.2, 0.25) is 0 Å². The third-order valence-corrected chi connectivity index (χ3v) is 5.69. The van der Waals surface area contributed by atoms with Gasteiger partial charge in [-0.3, -0.25) is 0 Å². The summed E-state index contributed by atoms with van der Waals surface area (Å²) in [5, 5.41) is 4.13. The summed E-state index contributed by atoms with van der Waals surface area (Å²) in [5.74, 6) is -0.707. The molecule has 0 saturated heterocycles. The number of carbonyl (C=O) groups excluding carboxylic acids is 2. The van der Waals surface area contributed by atoms with Crippen molar-refractivity contribution in [2.24, 2.45) is 0 Å². The first-order chi connectivity index (χ1) is 12.6. The van der Waals surface area contributed by atoms with E-state index in [2.05, 4.69) is 10.1 Å². The van der Waals surface area contributed by atoms with E-state index in [9.17, 15) is 9.59 Å². The predicted molar refractivity (Wildman–Crippen MR) is 101 cm³/mol. The summed E-state index contributed by atoms with van der Waals surface area (Å²) in [6.07, 6.45) is 7.36. The van der Waals surface area contributed by atoms with Crippen molar-refractivity contribution in [1.82, 2.24) is 4.98 Å². The van der Waals surface area contributed by atoms with Crippen molar-refractivity contribution in [3.63, 3.8) is 0 Å². The van der Waals surface area contributed by atoms with Gasteiger partial charge in [0.25, 0.3) is 0 Å². The fourth-order valence-corrected chi connectivity index (χ4v) is 4.31. The Balaban J connectivity index is 1.84. The zero-order valence-electron chi connectivity index (χ0n) is 14.9. The van der Waals surface area contributed by atoms with E-state index >= 15 is 0 Å². The van der Waals surface area contributed by atoms with Crippen LogP contribution in [0, 0.1) is 0 Å². The van der Waals surface area contributed by atoms with Gasteiger partial charge >= 0.3 is 11.9 Å². The number of benzene rings is 1. The van der Waals surface area contributed by atoms with Gasteiger partial charge in [0.05, 0.1) is 35.5 Å². The maximum atomic E-state index is 11.9. The Morgan fingerprint density at radius 1 is 1.19 bits per heavy atom. The summed E-state index contributed by atoms with van der Waals surface area (Å²) in [7, 11) is 2.52. The van der Waals surface area contributed by atoms with E-state index < -0.39 is 11.9 Å². The number of thiazole rings is 1. The molecule has 138 valence electrons. The van der Waals surface area contributed by atoms with E-state index in [4.69, 9.17) is 9.72 Å². The third kappa shape index (κ3) is 4.22. The number of aromatic nitrogens is 1. The summed E-state index contributed by atoms with van der Waals surface area (Å²) in [6.45, 7) is 0. The van der Waals surface area contributed by atoms with E-state index in [-0.39, 0.29) is 5.70 Å². The van der Waals surface area contributed by atoms with Crippen molar-refractivity contribution in [2.75, 3.05) is 19.5 Å². The van der Waals surface area contributed by atoms with Crippen molar-refractivity contribution in [1.29, 1.82) is 0 Å². The molecule has 1 aliphatic rings. The summed E-state index contributed by atoms with van der Waals surface area (Å²) in [5.41, 5.74) is 1.67. The first kappa shape index (κ1) is 18.4. The van der Waals surface area contributed by atoms with Crippen molar-refractivity contribution < 1.29 is 19.1 Å². The molecule has 6 nitrogen and oxygen atoms in total. The lowest BCUT2D eigenvalue weighted by Crippen LogP contribution is -2.15. The molecule has 1 saturated carbocycles. The summed E-state index contributed by atoms with van der Waals surface area (Å²) >= 11 is 1.70. The highest BCUT2D eigenvalue weighted by atomic mass is 32.1. The van der Waals surface area contributed by atoms with Crippen LogP contribution in [0.25, 0.3) is 10.2 Å². The molecule has 1 heterocycles. The second-order valence-corrected chi connectivity index (χ2v) is 7.33. The average molecular weight is 374 g/mol. The first-order valence-corrected chi connectivity index (χ1v) is 9.48. The molecule has 0 amide bonds. The summed E-state index contributed by atoms with van der Waals surface area (Å²) in [6, 6.07) is 5.70. The molecular weight excluding hydrogens is 352 g/mol. The molecule has 1 aliphatic carbocycles. The molecule has 7 heteroatoms. The zero-order valence-corrected chi connectivity index (χ0v) is 15.7. The fraction of sp³-hybridized carbons (Fsp3) is 0.421. The summed E-state index contributed by atoms with van der Waals surface area (Å²) in [4.78, 5) is 28.1. The number of hydrogen-bond donors (Lipinski definition) is 1. The minimum atomic E-state index is -0.636. The molecule has 0 aliphatic heterocycles. The quantitative estimate of drug-likeness (QED) is 0.630. The average Bonchev–Trinajstić information content (AvgIpc) is 3.10. The van der Waals surface area contributed by atoms with Crippen LogP contribution in [-0.2, 0) is 19.1 Å². The lowest BCUT2D eigenvalue weighted by atomic mass is 9.90. The molecular formula is C19H22N2O4S. The molecule has 1 fully saturated rings. The number of anilines is 1. The number of ether oxygens (including phenoxy) is 2. The number of carbonyl (C=O) groups is 2. The van der Waals surface area contributed by atoms with E-state index in [1.807, 2.05) is 18.2 Å². The van der Waals surface area contributed by atoms with Crippen LogP contribution in [0.3, 0.4) is 0 Å². The Morgan fingerprint density at radius 2 is 1.96 bits per heavy atom. The van der Waals surface area contributed by atoms with Crippen LogP contribution in [-0.4, -0.2) is 31.1 Å². The van der Waals surface area contributed by atoms with Gasteiger partial charge in [-0.15, -0.1) is 11.3 Å². The molecule has 1 aromatic heterocycles. The maximum absolute atomic E-state index is 11.9. The van der Waals surface area contributed by atoms with Gasteiger partial charge in [0, 0.05) is 11.6 Å². The van der Waals surface area contributed by atoms with E-state index in [0.29, 0.717) is 11.6 Å². The van der Waals surface area contributed by atoms with Crippen molar-refractivity contribution in [3.8, 4) is 0 Å². The molecule has 2 aromatic rings. The van der Waals surface area contributed by atoms with Gasteiger partial charge in [-0.1, -0.05) is 19.3 Å². The zero-order chi connectivity index (χ0) is 18.5. The van der Waals surface area contributed by atoms with Crippen LogP contribution in [0.4, 0.5) is 5.69 Å². The van der Waals surface area contributed by atoms with Crippen LogP contribution in [0.5, 0.6) is 0 Å². The van der Waals surface area contributed by atoms with Crippen molar-refractivity contribution in [3.05, 3.63) is 35.0 Å². The van der Waals surface area contributed by atoms with E-state index in [0.717, 1.165) is 16.3 Å². The summed E-state index contributed by atoms with van der Waals surface area (Å²) < 4.78 is 10.3. The highest BCUT2D eigenvalue weighted by Gasteiger charge is 2.19. The fourth-order valence-electron chi connectivity index (χ4n) is 3.13. The second-order valence-electron chi connectivity index (χ2n) is 6.27. The largest absolute Gasteiger partial charge is 0.466 e. The minimum Gasteiger partial charge on any atom is -0.466 e. The van der Waals surface area contributed by atoms with Crippen LogP contribution in [0.2, 0.25) is 0 Å². The Bertz CT molecular complexity index is 837. The Hall–Kier alpha value is -2.41. The van der Waals surface area contributed by atoms with Crippen LogP contribution in [0.1, 0.15) is 43.0 Å². The number of rotatable bonds is 5. The van der Waals surface area contributed by atoms with Gasteiger partial charge in [-0.25, -0.2) is 14.6 Å². The lowest BCUT2D eigenvalue weighted by molar-refractivity contribution is -0.138. The molecule has 0 atom stereocenters. The van der Waals surface area contributed by atoms with Gasteiger partial charge < -0.3 is 14.8 Å². The standard InChI is InChI=1S/C19H22N2O4S/c1-24-17(22)11-15(19(23)25-2)20-13-8-9-14-16(10-13)26-18(21-14)12-6-4-3-5-7-12/h8-12,20H,3-7H2,1-2H3/b15-11+. The number of nitrogens with zero attached hydrogens (tertiary/aromatic N) is 1. The molecule has 1 aromatic carbocycles. The van der Waals surface area contributed by atoms with E-state index in [1.54, 1.807) is 11.3 Å². The number of esters is 2. The van der Waals surface area contributed by atoms with Crippen molar-refractivity contribution >= 4 is 39.2 Å². The van der Waals surface area contributed by atoms with Gasteiger partial charge in [-0.05, 0) is 31.0 Å². The molecule has 0 radical (unpaired) electrons. The van der Waals surface area contributed by atoms with Gasteiger partial charge in [-0.2, -0.15) is 0 Å². The monoisotopic (exact) mass is 374 g/mol. The lowest BCUT2D eigenvalue weighted by Gasteiger charge is -2.18. The van der Waals surface area contributed by atoms with Crippen LogP contribution < -0.4 is 5.32 Å². The minimum absolute atomic E-state index is 0.0238. The first-order valence-electron chi connectivity index (χ1n) is 8.66. The molecule has 3 rings (SSSR count). The maximum Gasteiger partial charge on any atom is 0.354 e. The predicted octanol–water partition coefficient (Wildman–Crippen LogP) is 3.99. The normalized spacial score (nSPS) is 15.7. The molecule has 26 heavy (non-hydrogen) atoms. The number of methoxy groups -OCH3 is 2. The number of hydrogen-bond acceptors (Lipinski definition) is 7. The van der Waals surface area contributed by atoms with Crippen LogP contribution >= 0.6 is 11.3 Å². The number of nitrogens with one attached hydrogen (secondary N) is 1. The Labute approximate surface area is 156 Å². The second kappa shape index (κ2) is 8.31. The smallest absolute Gasteiger partial charge is 0.354 e. The van der Waals surface area contributed by atoms with E-state index in [1.165, 1.54) is 51.3 Å². The molecule has 1 N–H and O–H groups in total. The third-order valence-electron chi connectivity index (χ3n) is 4.51. The SMILES string of the molecule is COC(=O)/C=C(/Nc1ccc2nc(C3CCCCC3)sc2c1)C(=O)OC. The van der Waals surface area contributed by atoms with Gasteiger partial charge in [0.15, 0.2) is 0 Å². The highest BCUT2D eigenvalue weighted by Crippen LogP contribution is 2.37. The van der Waals surface area contributed by atoms with Crippen LogP contribution in [0.15, 0.2) is 30.0 Å². The Kier molecular flexibility index (Phi) is 5.88. The molecule has 0 spiro atoms. The van der Waals surface area contributed by atoms with Crippen molar-refractivity contribution in [2.45, 2.75) is 38.0 Å². The molecule has 0 unspecified atom stereocenters. The highest BCUT2D eigenvalue weighted by molar-refractivity contribution is 7.18. The molecule has 0 bridgehead atoms.